The molecule has 2 aromatic carbocycles. The van der Waals surface area contributed by atoms with Crippen LogP contribution in [0, 0.1) is 6.92 Å². The van der Waals surface area contributed by atoms with E-state index in [1.807, 2.05) is 49.4 Å². The molecule has 0 N–H and O–H groups in total. The van der Waals surface area contributed by atoms with E-state index in [0.29, 0.717) is 24.2 Å². The molecule has 1 amide bonds. The zero-order chi connectivity index (χ0) is 18.5. The molecule has 0 atom stereocenters. The van der Waals surface area contributed by atoms with Crippen molar-refractivity contribution in [2.24, 2.45) is 0 Å². The zero-order valence-electron chi connectivity index (χ0n) is 14.9. The maximum atomic E-state index is 12.5. The smallest absolute Gasteiger partial charge is 0.269 e. The number of amides is 1. The van der Waals surface area contributed by atoms with Crippen molar-refractivity contribution >= 4 is 16.9 Å². The second-order valence-electron chi connectivity index (χ2n) is 6.15. The Labute approximate surface area is 151 Å². The van der Waals surface area contributed by atoms with Gasteiger partial charge in [0, 0.05) is 7.05 Å². The van der Waals surface area contributed by atoms with Gasteiger partial charge in [-0.2, -0.15) is 0 Å². The predicted molar refractivity (Wildman–Crippen MR) is 100 cm³/mol. The number of carbonyl (C=O) groups is 1. The third-order valence-electron chi connectivity index (χ3n) is 4.19. The van der Waals surface area contributed by atoms with Crippen LogP contribution < -0.4 is 10.3 Å². The Kier molecular flexibility index (Phi) is 5.31. The van der Waals surface area contributed by atoms with Crippen LogP contribution in [-0.4, -0.2) is 40.6 Å². The first kappa shape index (κ1) is 17.7. The first-order chi connectivity index (χ1) is 12.5. The van der Waals surface area contributed by atoms with Crippen LogP contribution in [0.2, 0.25) is 0 Å². The standard InChI is InChI=1S/C20H21N3O3/c1-15-7-9-16(10-8-15)26-12-11-22(2)20(25)14-23-18-6-4-3-5-17(18)21-13-19(23)24/h3-10,13H,11-12,14H2,1-2H3. The van der Waals surface area contributed by atoms with Gasteiger partial charge in [-0.05, 0) is 31.2 Å². The molecule has 3 aromatic rings. The predicted octanol–water partition coefficient (Wildman–Crippen LogP) is 2.24. The molecule has 6 nitrogen and oxygen atoms in total. The first-order valence-corrected chi connectivity index (χ1v) is 8.42. The van der Waals surface area contributed by atoms with Gasteiger partial charge < -0.3 is 9.64 Å². The highest BCUT2D eigenvalue weighted by Gasteiger charge is 2.13. The number of aryl methyl sites for hydroxylation is 1. The lowest BCUT2D eigenvalue weighted by molar-refractivity contribution is -0.130. The van der Waals surface area contributed by atoms with Crippen LogP contribution >= 0.6 is 0 Å². The molecule has 1 heterocycles. The molecule has 0 unspecified atom stereocenters. The van der Waals surface area contributed by atoms with Crippen molar-refractivity contribution in [3.63, 3.8) is 0 Å². The molecule has 0 saturated carbocycles. The topological polar surface area (TPSA) is 64.4 Å². The third kappa shape index (κ3) is 4.08. The largest absolute Gasteiger partial charge is 0.492 e. The van der Waals surface area contributed by atoms with Crippen molar-refractivity contribution < 1.29 is 9.53 Å². The highest BCUT2D eigenvalue weighted by molar-refractivity contribution is 5.79. The van der Waals surface area contributed by atoms with Crippen molar-refractivity contribution in [1.29, 1.82) is 0 Å². The molecule has 0 bridgehead atoms. The summed E-state index contributed by atoms with van der Waals surface area (Å²) in [6.45, 7) is 2.81. The van der Waals surface area contributed by atoms with Crippen LogP contribution in [0.15, 0.2) is 59.5 Å². The van der Waals surface area contributed by atoms with E-state index in [4.69, 9.17) is 4.74 Å². The molecule has 0 spiro atoms. The second-order valence-corrected chi connectivity index (χ2v) is 6.15. The van der Waals surface area contributed by atoms with E-state index in [0.717, 1.165) is 5.75 Å². The Morgan fingerprint density at radius 2 is 1.88 bits per heavy atom. The van der Waals surface area contributed by atoms with Crippen molar-refractivity contribution in [3.05, 3.63) is 70.6 Å². The van der Waals surface area contributed by atoms with E-state index in [9.17, 15) is 9.59 Å². The van der Waals surface area contributed by atoms with E-state index in [-0.39, 0.29) is 18.0 Å². The SMILES string of the molecule is Cc1ccc(OCCN(C)C(=O)Cn2c(=O)cnc3ccccc32)cc1. The number of carbonyl (C=O) groups excluding carboxylic acids is 1. The van der Waals surface area contributed by atoms with E-state index >= 15 is 0 Å². The number of aromatic nitrogens is 2. The van der Waals surface area contributed by atoms with E-state index < -0.39 is 0 Å². The molecule has 0 aliphatic heterocycles. The summed E-state index contributed by atoms with van der Waals surface area (Å²) in [6, 6.07) is 15.0. The van der Waals surface area contributed by atoms with Gasteiger partial charge in [0.15, 0.2) is 0 Å². The maximum absolute atomic E-state index is 12.5. The minimum Gasteiger partial charge on any atom is -0.492 e. The molecule has 26 heavy (non-hydrogen) atoms. The Bertz CT molecular complexity index is 964. The van der Waals surface area contributed by atoms with Crippen molar-refractivity contribution in [2.75, 3.05) is 20.2 Å². The lowest BCUT2D eigenvalue weighted by Crippen LogP contribution is -2.36. The maximum Gasteiger partial charge on any atom is 0.269 e. The van der Waals surface area contributed by atoms with Gasteiger partial charge in [-0.15, -0.1) is 0 Å². The van der Waals surface area contributed by atoms with E-state index in [2.05, 4.69) is 4.98 Å². The molecular weight excluding hydrogens is 330 g/mol. The van der Waals surface area contributed by atoms with Crippen LogP contribution in [-0.2, 0) is 11.3 Å². The summed E-state index contributed by atoms with van der Waals surface area (Å²) in [5.41, 5.74) is 2.21. The average Bonchev–Trinajstić information content (AvgIpc) is 2.65. The van der Waals surface area contributed by atoms with Crippen LogP contribution in [0.1, 0.15) is 5.56 Å². The van der Waals surface area contributed by atoms with Crippen molar-refractivity contribution in [2.45, 2.75) is 13.5 Å². The van der Waals surface area contributed by atoms with E-state index in [1.54, 1.807) is 18.0 Å². The number of likely N-dealkylation sites (N-methyl/N-ethyl adjacent to an activating group) is 1. The van der Waals surface area contributed by atoms with Crippen LogP contribution in [0.5, 0.6) is 5.75 Å². The van der Waals surface area contributed by atoms with Crippen LogP contribution in [0.3, 0.4) is 0 Å². The minimum atomic E-state index is -0.290. The van der Waals surface area contributed by atoms with Gasteiger partial charge in [0.25, 0.3) is 5.56 Å². The summed E-state index contributed by atoms with van der Waals surface area (Å²) in [5.74, 6) is 0.615. The Hall–Kier alpha value is -3.15. The van der Waals surface area contributed by atoms with Gasteiger partial charge in [0.1, 0.15) is 18.9 Å². The van der Waals surface area contributed by atoms with Gasteiger partial charge in [0.2, 0.25) is 5.91 Å². The zero-order valence-corrected chi connectivity index (χ0v) is 14.9. The fourth-order valence-corrected chi connectivity index (χ4v) is 2.59. The van der Waals surface area contributed by atoms with Crippen molar-refractivity contribution in [3.8, 4) is 5.75 Å². The monoisotopic (exact) mass is 351 g/mol. The van der Waals surface area contributed by atoms with Gasteiger partial charge in [0.05, 0.1) is 23.8 Å². The summed E-state index contributed by atoms with van der Waals surface area (Å²) in [6.07, 6.45) is 1.25. The Morgan fingerprint density at radius 1 is 1.15 bits per heavy atom. The summed E-state index contributed by atoms with van der Waals surface area (Å²) in [7, 11) is 1.70. The number of rotatable bonds is 6. The molecule has 0 aliphatic carbocycles. The van der Waals surface area contributed by atoms with Gasteiger partial charge in [-0.3, -0.25) is 14.2 Å². The highest BCUT2D eigenvalue weighted by atomic mass is 16.5. The number of ether oxygens (including phenoxy) is 1. The molecule has 6 heteroatoms. The fourth-order valence-electron chi connectivity index (χ4n) is 2.59. The number of para-hydroxylation sites is 2. The average molecular weight is 351 g/mol. The first-order valence-electron chi connectivity index (χ1n) is 8.42. The minimum absolute atomic E-state index is 0.0249. The van der Waals surface area contributed by atoms with E-state index in [1.165, 1.54) is 16.3 Å². The quantitative estimate of drug-likeness (QED) is 0.683. The lowest BCUT2D eigenvalue weighted by atomic mass is 10.2. The van der Waals surface area contributed by atoms with Gasteiger partial charge in [-0.25, -0.2) is 4.98 Å². The number of hydrogen-bond donors (Lipinski definition) is 0. The lowest BCUT2D eigenvalue weighted by Gasteiger charge is -2.19. The summed E-state index contributed by atoms with van der Waals surface area (Å²) in [4.78, 5) is 30.3. The molecule has 134 valence electrons. The number of nitrogens with zero attached hydrogens (tertiary/aromatic N) is 3. The molecule has 0 aliphatic rings. The Morgan fingerprint density at radius 3 is 2.65 bits per heavy atom. The van der Waals surface area contributed by atoms with Gasteiger partial charge in [-0.1, -0.05) is 29.8 Å². The Balaban J connectivity index is 1.62. The number of fused-ring (bicyclic) bond motifs is 1. The van der Waals surface area contributed by atoms with Crippen molar-refractivity contribution in [1.82, 2.24) is 14.5 Å². The second kappa shape index (κ2) is 7.82. The summed E-state index contributed by atoms with van der Waals surface area (Å²) in [5, 5.41) is 0. The fraction of sp³-hybridized carbons (Fsp3) is 0.250. The molecule has 1 aromatic heterocycles. The molecule has 3 rings (SSSR count). The normalized spacial score (nSPS) is 10.7. The van der Waals surface area contributed by atoms with Crippen LogP contribution in [0.25, 0.3) is 11.0 Å². The molecule has 0 fully saturated rings. The molecule has 0 radical (unpaired) electrons. The van der Waals surface area contributed by atoms with Crippen LogP contribution in [0.4, 0.5) is 0 Å². The number of benzene rings is 2. The number of hydrogen-bond acceptors (Lipinski definition) is 4. The summed E-state index contributed by atoms with van der Waals surface area (Å²) < 4.78 is 7.10. The van der Waals surface area contributed by atoms with Gasteiger partial charge >= 0.3 is 0 Å². The molecular formula is C20H21N3O3. The third-order valence-corrected chi connectivity index (χ3v) is 4.19. The highest BCUT2D eigenvalue weighted by Crippen LogP contribution is 2.11. The molecule has 0 saturated heterocycles. The summed E-state index contributed by atoms with van der Waals surface area (Å²) >= 11 is 0.